The maximum atomic E-state index is 11.4. The quantitative estimate of drug-likeness (QED) is 0.621. The molecule has 0 unspecified atom stereocenters. The first-order valence-electron chi connectivity index (χ1n) is 9.08. The molecule has 1 aliphatic heterocycles. The summed E-state index contributed by atoms with van der Waals surface area (Å²) in [5.41, 5.74) is 3.42. The van der Waals surface area contributed by atoms with Crippen LogP contribution in [0.2, 0.25) is 0 Å². The second-order valence-corrected chi connectivity index (χ2v) is 6.84. The lowest BCUT2D eigenvalue weighted by atomic mass is 10.1. The van der Waals surface area contributed by atoms with Crippen LogP contribution in [-0.4, -0.2) is 39.7 Å². The Hall–Kier alpha value is -4.07. The molecule has 0 radical (unpaired) electrons. The van der Waals surface area contributed by atoms with Gasteiger partial charge in [-0.25, -0.2) is 9.59 Å². The number of aromatic carboxylic acids is 2. The first-order valence-corrected chi connectivity index (χ1v) is 9.08. The Bertz CT molecular complexity index is 1180. The van der Waals surface area contributed by atoms with Crippen LogP contribution < -0.4 is 9.47 Å². The van der Waals surface area contributed by atoms with Crippen molar-refractivity contribution >= 4 is 23.8 Å². The van der Waals surface area contributed by atoms with Crippen LogP contribution in [-0.2, 0) is 0 Å². The second-order valence-electron chi connectivity index (χ2n) is 6.84. The van der Waals surface area contributed by atoms with Gasteiger partial charge >= 0.3 is 11.9 Å². The summed E-state index contributed by atoms with van der Waals surface area (Å²) < 4.78 is 12.5. The van der Waals surface area contributed by atoms with E-state index in [1.54, 1.807) is 22.9 Å². The number of carboxylic acids is 2. The minimum Gasteiger partial charge on any atom is -0.478 e. The Morgan fingerprint density at radius 2 is 1.63 bits per heavy atom. The second kappa shape index (κ2) is 7.40. The van der Waals surface area contributed by atoms with E-state index < -0.39 is 11.9 Å². The van der Waals surface area contributed by atoms with Crippen LogP contribution in [0.25, 0.3) is 5.69 Å². The van der Waals surface area contributed by atoms with E-state index in [1.807, 2.05) is 26.0 Å². The Morgan fingerprint density at radius 3 is 2.30 bits per heavy atom. The van der Waals surface area contributed by atoms with Gasteiger partial charge in [-0.3, -0.25) is 4.99 Å². The van der Waals surface area contributed by atoms with Crippen LogP contribution in [0.3, 0.4) is 0 Å². The average molecular weight is 406 g/mol. The van der Waals surface area contributed by atoms with Gasteiger partial charge in [0.25, 0.3) is 0 Å². The molecule has 3 aromatic rings. The van der Waals surface area contributed by atoms with E-state index in [9.17, 15) is 19.8 Å². The first-order chi connectivity index (χ1) is 14.3. The van der Waals surface area contributed by atoms with Crippen LogP contribution in [0.1, 0.15) is 37.7 Å². The van der Waals surface area contributed by atoms with E-state index in [-0.39, 0.29) is 17.9 Å². The molecule has 30 heavy (non-hydrogen) atoms. The zero-order chi connectivity index (χ0) is 21.4. The Labute approximate surface area is 171 Å². The van der Waals surface area contributed by atoms with Crippen molar-refractivity contribution in [2.45, 2.75) is 13.8 Å². The molecule has 0 fully saturated rings. The van der Waals surface area contributed by atoms with Crippen molar-refractivity contribution in [3.05, 3.63) is 70.5 Å². The maximum absolute atomic E-state index is 11.4. The molecule has 8 nitrogen and oxygen atoms in total. The van der Waals surface area contributed by atoms with E-state index in [2.05, 4.69) is 4.99 Å². The molecular weight excluding hydrogens is 388 g/mol. The number of benzene rings is 2. The van der Waals surface area contributed by atoms with Gasteiger partial charge in [-0.05, 0) is 50.2 Å². The summed E-state index contributed by atoms with van der Waals surface area (Å²) in [4.78, 5) is 27.4. The maximum Gasteiger partial charge on any atom is 0.335 e. The van der Waals surface area contributed by atoms with Gasteiger partial charge in [0.05, 0.1) is 16.8 Å². The third kappa shape index (κ3) is 3.50. The summed E-state index contributed by atoms with van der Waals surface area (Å²) >= 11 is 0. The summed E-state index contributed by atoms with van der Waals surface area (Å²) in [5, 5.41) is 18.7. The van der Waals surface area contributed by atoms with Gasteiger partial charge in [-0.2, -0.15) is 0 Å². The van der Waals surface area contributed by atoms with Gasteiger partial charge in [0.2, 0.25) is 6.79 Å². The first kappa shape index (κ1) is 19.3. The molecule has 2 N–H and O–H groups in total. The van der Waals surface area contributed by atoms with Crippen molar-refractivity contribution in [1.82, 2.24) is 4.57 Å². The zero-order valence-electron chi connectivity index (χ0n) is 16.2. The molecule has 8 heteroatoms. The number of fused-ring (bicyclic) bond motifs is 1. The van der Waals surface area contributed by atoms with Gasteiger partial charge in [0.1, 0.15) is 0 Å². The highest BCUT2D eigenvalue weighted by Gasteiger charge is 2.16. The third-order valence-corrected chi connectivity index (χ3v) is 4.85. The van der Waals surface area contributed by atoms with Crippen molar-refractivity contribution in [3.63, 3.8) is 0 Å². The number of aryl methyl sites for hydroxylation is 1. The predicted molar refractivity (Wildman–Crippen MR) is 109 cm³/mol. The highest BCUT2D eigenvalue weighted by molar-refractivity contribution is 5.95. The number of rotatable bonds is 5. The molecule has 0 saturated heterocycles. The van der Waals surface area contributed by atoms with Crippen molar-refractivity contribution in [1.29, 1.82) is 0 Å². The molecule has 2 aromatic carbocycles. The smallest absolute Gasteiger partial charge is 0.335 e. The van der Waals surface area contributed by atoms with E-state index in [4.69, 9.17) is 9.47 Å². The number of aliphatic imine (C=N–C) groups is 1. The van der Waals surface area contributed by atoms with E-state index in [0.29, 0.717) is 22.9 Å². The summed E-state index contributed by atoms with van der Waals surface area (Å²) in [6.45, 7) is 3.91. The van der Waals surface area contributed by atoms with Crippen LogP contribution in [0, 0.1) is 13.8 Å². The minimum absolute atomic E-state index is 0.0898. The van der Waals surface area contributed by atoms with Crippen LogP contribution in [0.5, 0.6) is 11.5 Å². The van der Waals surface area contributed by atoms with Crippen molar-refractivity contribution < 1.29 is 29.3 Å². The molecule has 0 atom stereocenters. The molecule has 0 saturated carbocycles. The Morgan fingerprint density at radius 1 is 0.967 bits per heavy atom. The monoisotopic (exact) mass is 406 g/mol. The lowest BCUT2D eigenvalue weighted by molar-refractivity contribution is 0.0696. The zero-order valence-corrected chi connectivity index (χ0v) is 16.2. The molecular formula is C22H18N2O6. The molecule has 152 valence electrons. The largest absolute Gasteiger partial charge is 0.478 e. The molecule has 4 rings (SSSR count). The van der Waals surface area contributed by atoms with Crippen molar-refractivity contribution in [2.75, 3.05) is 6.79 Å². The van der Waals surface area contributed by atoms with Gasteiger partial charge in [-0.1, -0.05) is 0 Å². The molecule has 0 bridgehead atoms. The number of aromatic nitrogens is 1. The Kier molecular flexibility index (Phi) is 4.75. The summed E-state index contributed by atoms with van der Waals surface area (Å²) in [7, 11) is 0. The highest BCUT2D eigenvalue weighted by Crippen LogP contribution is 2.35. The standard InChI is InChI=1S/C22H18N2O6/c1-12-5-16(10-23-17-3-4-19-20(9-17)30-11-29-19)13(2)24(12)18-7-14(21(25)26)6-15(8-18)22(27)28/h3-10H,11H2,1-2H3,(H,25,26)(H,27,28). The number of hydrogen-bond donors (Lipinski definition) is 2. The molecule has 1 aliphatic rings. The predicted octanol–water partition coefficient (Wildman–Crippen LogP) is 3.97. The van der Waals surface area contributed by atoms with Gasteiger partial charge in [0.15, 0.2) is 11.5 Å². The normalized spacial score (nSPS) is 12.5. The molecule has 0 aliphatic carbocycles. The number of carbonyl (C=O) groups is 2. The number of nitrogens with zero attached hydrogens (tertiary/aromatic N) is 2. The van der Waals surface area contributed by atoms with E-state index in [0.717, 1.165) is 23.0 Å². The molecule has 2 heterocycles. The fraction of sp³-hybridized carbons (Fsp3) is 0.136. The lowest BCUT2D eigenvalue weighted by Crippen LogP contribution is -2.07. The Balaban J connectivity index is 1.72. The van der Waals surface area contributed by atoms with E-state index in [1.165, 1.54) is 12.1 Å². The van der Waals surface area contributed by atoms with Gasteiger partial charge in [0, 0.05) is 34.9 Å². The van der Waals surface area contributed by atoms with Crippen LogP contribution >= 0.6 is 0 Å². The molecule has 0 spiro atoms. The number of carboxylic acid groups (broad SMARTS) is 2. The summed E-state index contributed by atoms with van der Waals surface area (Å²) in [5.74, 6) is -1.06. The number of hydrogen-bond acceptors (Lipinski definition) is 5. The minimum atomic E-state index is -1.19. The summed E-state index contributed by atoms with van der Waals surface area (Å²) in [6, 6.07) is 11.3. The van der Waals surface area contributed by atoms with Gasteiger partial charge < -0.3 is 24.3 Å². The summed E-state index contributed by atoms with van der Waals surface area (Å²) in [6.07, 6.45) is 1.70. The fourth-order valence-electron chi connectivity index (χ4n) is 3.41. The van der Waals surface area contributed by atoms with Crippen molar-refractivity contribution in [2.24, 2.45) is 4.99 Å². The highest BCUT2D eigenvalue weighted by atomic mass is 16.7. The van der Waals surface area contributed by atoms with Crippen LogP contribution in [0.15, 0.2) is 47.5 Å². The fourth-order valence-corrected chi connectivity index (χ4v) is 3.41. The average Bonchev–Trinajstić information content (AvgIpc) is 3.29. The lowest BCUT2D eigenvalue weighted by Gasteiger charge is -2.12. The van der Waals surface area contributed by atoms with Crippen LogP contribution in [0.4, 0.5) is 5.69 Å². The molecule has 0 amide bonds. The number of ether oxygens (including phenoxy) is 2. The van der Waals surface area contributed by atoms with Gasteiger partial charge in [-0.15, -0.1) is 0 Å². The topological polar surface area (TPSA) is 110 Å². The van der Waals surface area contributed by atoms with Crippen molar-refractivity contribution in [3.8, 4) is 17.2 Å². The van der Waals surface area contributed by atoms with E-state index >= 15 is 0 Å². The SMILES string of the molecule is Cc1cc(C=Nc2ccc3c(c2)OCO3)c(C)n1-c1cc(C(=O)O)cc(C(=O)O)c1. The third-order valence-electron chi connectivity index (χ3n) is 4.85. The molecule has 1 aromatic heterocycles.